The number of nitrogens with zero attached hydrogens (tertiary/aromatic N) is 3. The number of methoxy groups -OCH3 is 1. The van der Waals surface area contributed by atoms with Gasteiger partial charge in [-0.15, -0.1) is 0 Å². The molecule has 3 rings (SSSR count). The molecule has 6 nitrogen and oxygen atoms in total. The molecule has 0 saturated carbocycles. The summed E-state index contributed by atoms with van der Waals surface area (Å²) in [5.41, 5.74) is 1.42. The molecule has 2 saturated heterocycles. The normalized spacial score (nSPS) is 20.8. The minimum Gasteiger partial charge on any atom is -0.496 e. The zero-order valence-corrected chi connectivity index (χ0v) is 17.7. The minimum absolute atomic E-state index is 0.0829. The molecule has 0 atom stereocenters. The maximum Gasteiger partial charge on any atom is 0.317 e. The molecule has 28 heavy (non-hydrogen) atoms. The Kier molecular flexibility index (Phi) is 7.18. The Morgan fingerprint density at radius 2 is 1.89 bits per heavy atom. The van der Waals surface area contributed by atoms with Crippen LogP contribution in [0.5, 0.6) is 5.75 Å². The third-order valence-corrected chi connectivity index (χ3v) is 6.48. The number of benzene rings is 1. The summed E-state index contributed by atoms with van der Waals surface area (Å²) < 4.78 is 5.40. The number of likely N-dealkylation sites (tertiary alicyclic amines) is 1. The second kappa shape index (κ2) is 9.61. The molecule has 1 aromatic carbocycles. The van der Waals surface area contributed by atoms with Gasteiger partial charge in [-0.25, -0.2) is 4.79 Å². The van der Waals surface area contributed by atoms with Crippen molar-refractivity contribution in [2.24, 2.45) is 0 Å². The van der Waals surface area contributed by atoms with Crippen LogP contribution in [0, 0.1) is 0 Å². The molecule has 2 fully saturated rings. The van der Waals surface area contributed by atoms with Crippen molar-refractivity contribution in [3.05, 3.63) is 29.8 Å². The van der Waals surface area contributed by atoms with Gasteiger partial charge in [0.2, 0.25) is 0 Å². The van der Waals surface area contributed by atoms with Crippen molar-refractivity contribution in [1.29, 1.82) is 0 Å². The number of urea groups is 1. The lowest BCUT2D eigenvalue weighted by molar-refractivity contribution is 0.0424. The highest BCUT2D eigenvalue weighted by atomic mass is 16.5. The minimum atomic E-state index is 0.0829. The fourth-order valence-corrected chi connectivity index (χ4v) is 4.68. The molecular formula is C22H36N4O2. The molecule has 0 radical (unpaired) electrons. The molecule has 2 aliphatic rings. The predicted molar refractivity (Wildman–Crippen MR) is 113 cm³/mol. The topological polar surface area (TPSA) is 48.1 Å². The fourth-order valence-electron chi connectivity index (χ4n) is 4.68. The van der Waals surface area contributed by atoms with Gasteiger partial charge in [0.25, 0.3) is 0 Å². The fraction of sp³-hybridized carbons (Fsp3) is 0.682. The SMILES string of the molecule is COc1ccccc1CCCNC(=O)N1CCC2(CC1)CN(C)CCCN2C. The van der Waals surface area contributed by atoms with E-state index in [1.165, 1.54) is 18.5 Å². The monoisotopic (exact) mass is 388 g/mol. The van der Waals surface area contributed by atoms with Crippen LogP contribution in [-0.4, -0.2) is 86.7 Å². The lowest BCUT2D eigenvalue weighted by Crippen LogP contribution is -2.59. The van der Waals surface area contributed by atoms with Gasteiger partial charge in [0.15, 0.2) is 0 Å². The van der Waals surface area contributed by atoms with Crippen LogP contribution in [0.25, 0.3) is 0 Å². The molecule has 0 unspecified atom stereocenters. The zero-order valence-electron chi connectivity index (χ0n) is 17.7. The third-order valence-electron chi connectivity index (χ3n) is 6.48. The van der Waals surface area contributed by atoms with Crippen LogP contribution in [-0.2, 0) is 6.42 Å². The summed E-state index contributed by atoms with van der Waals surface area (Å²) in [7, 11) is 6.18. The second-order valence-corrected chi connectivity index (χ2v) is 8.37. The van der Waals surface area contributed by atoms with Gasteiger partial charge in [-0.3, -0.25) is 4.90 Å². The highest BCUT2D eigenvalue weighted by Crippen LogP contribution is 2.30. The number of carbonyl (C=O) groups excluding carboxylic acids is 1. The molecule has 2 heterocycles. The van der Waals surface area contributed by atoms with E-state index < -0.39 is 0 Å². The average molecular weight is 389 g/mol. The molecule has 1 aromatic rings. The van der Waals surface area contributed by atoms with Gasteiger partial charge in [0.1, 0.15) is 5.75 Å². The Labute approximate surface area is 169 Å². The van der Waals surface area contributed by atoms with Gasteiger partial charge in [-0.1, -0.05) is 18.2 Å². The Morgan fingerprint density at radius 3 is 2.64 bits per heavy atom. The summed E-state index contributed by atoms with van der Waals surface area (Å²) in [5.74, 6) is 0.924. The van der Waals surface area contributed by atoms with Crippen LogP contribution in [0.1, 0.15) is 31.2 Å². The molecule has 0 aromatic heterocycles. The molecular weight excluding hydrogens is 352 g/mol. The second-order valence-electron chi connectivity index (χ2n) is 8.37. The quantitative estimate of drug-likeness (QED) is 0.787. The average Bonchev–Trinajstić information content (AvgIpc) is 2.84. The summed E-state index contributed by atoms with van der Waals surface area (Å²) in [6.45, 7) is 5.81. The van der Waals surface area contributed by atoms with Crippen molar-refractivity contribution >= 4 is 6.03 Å². The number of para-hydroxylation sites is 1. The van der Waals surface area contributed by atoms with Gasteiger partial charge in [-0.05, 0) is 70.9 Å². The first-order chi connectivity index (χ1) is 13.5. The Hall–Kier alpha value is -1.79. The first kappa shape index (κ1) is 20.9. The Morgan fingerprint density at radius 1 is 1.14 bits per heavy atom. The first-order valence-electron chi connectivity index (χ1n) is 10.6. The van der Waals surface area contributed by atoms with E-state index in [9.17, 15) is 4.79 Å². The number of rotatable bonds is 5. The number of likely N-dealkylation sites (N-methyl/N-ethyl adjacent to an activating group) is 2. The molecule has 2 amide bonds. The van der Waals surface area contributed by atoms with Gasteiger partial charge in [0, 0.05) is 31.7 Å². The highest BCUT2D eigenvalue weighted by Gasteiger charge is 2.40. The van der Waals surface area contributed by atoms with Crippen LogP contribution < -0.4 is 10.1 Å². The van der Waals surface area contributed by atoms with E-state index in [1.54, 1.807) is 7.11 Å². The molecule has 0 bridgehead atoms. The van der Waals surface area contributed by atoms with Crippen molar-refractivity contribution in [2.45, 2.75) is 37.6 Å². The van der Waals surface area contributed by atoms with Crippen molar-refractivity contribution in [2.75, 3.05) is 60.5 Å². The van der Waals surface area contributed by atoms with Crippen LogP contribution in [0.3, 0.4) is 0 Å². The van der Waals surface area contributed by atoms with E-state index >= 15 is 0 Å². The zero-order chi connectivity index (χ0) is 20.0. The van der Waals surface area contributed by atoms with Gasteiger partial charge >= 0.3 is 6.03 Å². The van der Waals surface area contributed by atoms with Crippen molar-refractivity contribution in [3.8, 4) is 5.75 Å². The molecule has 6 heteroatoms. The standard InChI is InChI=1S/C22H36N4O2/c1-24-14-7-15-25(2)22(18-24)11-16-26(17-12-22)21(27)23-13-6-9-19-8-4-5-10-20(19)28-3/h4-5,8,10H,6-7,9,11-18H2,1-3H3,(H,23,27). The van der Waals surface area contributed by atoms with Crippen LogP contribution in [0.4, 0.5) is 4.79 Å². The maximum atomic E-state index is 12.6. The summed E-state index contributed by atoms with van der Waals surface area (Å²) in [6.07, 6.45) is 5.16. The summed E-state index contributed by atoms with van der Waals surface area (Å²) in [6, 6.07) is 8.17. The largest absolute Gasteiger partial charge is 0.496 e. The van der Waals surface area contributed by atoms with E-state index in [0.29, 0.717) is 6.54 Å². The van der Waals surface area contributed by atoms with Gasteiger partial charge in [-0.2, -0.15) is 0 Å². The molecule has 156 valence electrons. The van der Waals surface area contributed by atoms with Crippen LogP contribution >= 0.6 is 0 Å². The van der Waals surface area contributed by atoms with Crippen molar-refractivity contribution in [3.63, 3.8) is 0 Å². The van der Waals surface area contributed by atoms with Crippen molar-refractivity contribution in [1.82, 2.24) is 20.0 Å². The first-order valence-corrected chi connectivity index (χ1v) is 10.6. The summed E-state index contributed by atoms with van der Waals surface area (Å²) in [4.78, 5) is 19.6. The van der Waals surface area contributed by atoms with Crippen LogP contribution in [0.2, 0.25) is 0 Å². The summed E-state index contributed by atoms with van der Waals surface area (Å²) >= 11 is 0. The number of nitrogens with one attached hydrogen (secondary N) is 1. The van der Waals surface area contributed by atoms with E-state index in [2.05, 4.69) is 35.3 Å². The Bertz CT molecular complexity index is 643. The molecule has 2 aliphatic heterocycles. The maximum absolute atomic E-state index is 12.6. The number of hydrogen-bond donors (Lipinski definition) is 1. The Balaban J connectivity index is 1.42. The third kappa shape index (κ3) is 4.97. The van der Waals surface area contributed by atoms with Gasteiger partial charge in [0.05, 0.1) is 7.11 Å². The number of carbonyl (C=O) groups is 1. The van der Waals surface area contributed by atoms with E-state index in [0.717, 1.165) is 57.6 Å². The van der Waals surface area contributed by atoms with E-state index in [4.69, 9.17) is 4.74 Å². The highest BCUT2D eigenvalue weighted by molar-refractivity contribution is 5.74. The molecule has 1 spiro atoms. The molecule has 0 aliphatic carbocycles. The van der Waals surface area contributed by atoms with E-state index in [-0.39, 0.29) is 11.6 Å². The smallest absolute Gasteiger partial charge is 0.317 e. The van der Waals surface area contributed by atoms with Gasteiger partial charge < -0.3 is 19.9 Å². The lowest BCUT2D eigenvalue weighted by Gasteiger charge is -2.47. The number of amides is 2. The number of aryl methyl sites for hydroxylation is 1. The number of ether oxygens (including phenoxy) is 1. The van der Waals surface area contributed by atoms with E-state index in [1.807, 2.05) is 23.1 Å². The van der Waals surface area contributed by atoms with Crippen LogP contribution in [0.15, 0.2) is 24.3 Å². The number of hydrogen-bond acceptors (Lipinski definition) is 4. The van der Waals surface area contributed by atoms with Crippen molar-refractivity contribution < 1.29 is 9.53 Å². The molecule has 1 N–H and O–H groups in total. The lowest BCUT2D eigenvalue weighted by atomic mass is 9.85. The predicted octanol–water partition coefficient (Wildman–Crippen LogP) is 2.44. The number of piperidine rings is 1. The summed E-state index contributed by atoms with van der Waals surface area (Å²) in [5, 5.41) is 3.11.